The number of hydrogen-bond acceptors (Lipinski definition) is 2. The molecule has 0 radical (unpaired) electrons. The molecule has 0 bridgehead atoms. The lowest BCUT2D eigenvalue weighted by Crippen LogP contribution is -2.11. The first-order valence-electron chi connectivity index (χ1n) is 18.8. The summed E-state index contributed by atoms with van der Waals surface area (Å²) in [4.78, 5) is 2.42. The standard InChI is InChI=1S/C52H34N2O/c1-3-16-36(17-4-1)40-23-9-11-27-45(40)54(47-29-15-31-50-52(47)44-24-10-12-30-49(44)55-50)38-32-33-43-48(34-38)53(37-20-5-2-6-21-37)46-28-14-26-42(51(43)46)41-25-13-19-35-18-7-8-22-39(35)41/h1-34H. The summed E-state index contributed by atoms with van der Waals surface area (Å²) >= 11 is 0. The highest BCUT2D eigenvalue weighted by Gasteiger charge is 2.24. The molecule has 0 saturated carbocycles. The Bertz CT molecular complexity index is 3200. The molecule has 0 aliphatic carbocycles. The van der Waals surface area contributed by atoms with Crippen molar-refractivity contribution in [2.45, 2.75) is 0 Å². The minimum atomic E-state index is 0.861. The Morgan fingerprint density at radius 3 is 1.91 bits per heavy atom. The third kappa shape index (κ3) is 4.98. The van der Waals surface area contributed by atoms with Gasteiger partial charge in [-0.1, -0.05) is 152 Å². The molecule has 9 aromatic carbocycles. The van der Waals surface area contributed by atoms with E-state index in [0.717, 1.165) is 61.3 Å². The van der Waals surface area contributed by atoms with Gasteiger partial charge in [0.15, 0.2) is 0 Å². The average Bonchev–Trinajstić information content (AvgIpc) is 3.80. The lowest BCUT2D eigenvalue weighted by atomic mass is 9.94. The van der Waals surface area contributed by atoms with Crippen LogP contribution < -0.4 is 4.90 Å². The van der Waals surface area contributed by atoms with Gasteiger partial charge in [-0.25, -0.2) is 0 Å². The Balaban J connectivity index is 1.24. The van der Waals surface area contributed by atoms with E-state index in [4.69, 9.17) is 4.42 Å². The van der Waals surface area contributed by atoms with Gasteiger partial charge in [0.25, 0.3) is 0 Å². The van der Waals surface area contributed by atoms with Gasteiger partial charge in [0.1, 0.15) is 11.2 Å². The van der Waals surface area contributed by atoms with Gasteiger partial charge in [-0.15, -0.1) is 0 Å². The minimum absolute atomic E-state index is 0.861. The molecule has 2 heterocycles. The van der Waals surface area contributed by atoms with Crippen LogP contribution in [0, 0.1) is 0 Å². The van der Waals surface area contributed by atoms with Gasteiger partial charge in [0, 0.05) is 33.1 Å². The van der Waals surface area contributed by atoms with E-state index in [-0.39, 0.29) is 0 Å². The van der Waals surface area contributed by atoms with Gasteiger partial charge in [-0.05, 0) is 82.1 Å². The third-order valence-electron chi connectivity index (χ3n) is 11.0. The highest BCUT2D eigenvalue weighted by atomic mass is 16.3. The zero-order chi connectivity index (χ0) is 36.3. The van der Waals surface area contributed by atoms with Crippen molar-refractivity contribution in [2.75, 3.05) is 4.90 Å². The Kier molecular flexibility index (Phi) is 7.17. The van der Waals surface area contributed by atoms with Gasteiger partial charge < -0.3 is 13.9 Å². The molecule has 0 unspecified atom stereocenters. The smallest absolute Gasteiger partial charge is 0.137 e. The van der Waals surface area contributed by atoms with E-state index in [9.17, 15) is 0 Å². The summed E-state index contributed by atoms with van der Waals surface area (Å²) in [7, 11) is 0. The Morgan fingerprint density at radius 2 is 1.02 bits per heavy atom. The van der Waals surface area contributed by atoms with Gasteiger partial charge >= 0.3 is 0 Å². The van der Waals surface area contributed by atoms with Gasteiger partial charge in [0.05, 0.1) is 27.8 Å². The summed E-state index contributed by atoms with van der Waals surface area (Å²) in [5, 5.41) is 7.11. The molecule has 11 rings (SSSR count). The number of anilines is 3. The molecule has 3 heteroatoms. The largest absolute Gasteiger partial charge is 0.456 e. The topological polar surface area (TPSA) is 21.3 Å². The van der Waals surface area contributed by atoms with Crippen LogP contribution in [0.2, 0.25) is 0 Å². The van der Waals surface area contributed by atoms with E-state index in [1.807, 2.05) is 6.07 Å². The summed E-state index contributed by atoms with van der Waals surface area (Å²) in [6.07, 6.45) is 0. The lowest BCUT2D eigenvalue weighted by molar-refractivity contribution is 0.669. The second-order valence-corrected chi connectivity index (χ2v) is 14.1. The van der Waals surface area contributed by atoms with Gasteiger partial charge in [-0.3, -0.25) is 0 Å². The van der Waals surface area contributed by atoms with Crippen molar-refractivity contribution < 1.29 is 4.42 Å². The third-order valence-corrected chi connectivity index (χ3v) is 11.0. The zero-order valence-electron chi connectivity index (χ0n) is 29.9. The molecule has 3 nitrogen and oxygen atoms in total. The van der Waals surface area contributed by atoms with Crippen molar-refractivity contribution in [2.24, 2.45) is 0 Å². The molecule has 0 saturated heterocycles. The fourth-order valence-corrected chi connectivity index (χ4v) is 8.62. The van der Waals surface area contributed by atoms with E-state index in [1.165, 1.54) is 38.2 Å². The van der Waals surface area contributed by atoms with Crippen molar-refractivity contribution in [1.82, 2.24) is 4.57 Å². The summed E-state index contributed by atoms with van der Waals surface area (Å²) in [6, 6.07) is 73.9. The molecular formula is C52H34N2O. The molecule has 2 aromatic heterocycles. The van der Waals surface area contributed by atoms with Crippen LogP contribution in [0.25, 0.3) is 82.5 Å². The number of hydrogen-bond donors (Lipinski definition) is 0. The first kappa shape index (κ1) is 31.2. The van der Waals surface area contributed by atoms with Gasteiger partial charge in [-0.2, -0.15) is 0 Å². The molecule has 0 atom stereocenters. The SMILES string of the molecule is c1ccc(-c2ccccc2N(c2ccc3c4c(-c5cccc6ccccc56)cccc4n(-c4ccccc4)c3c2)c2cccc3oc4ccccc4c23)cc1. The quantitative estimate of drug-likeness (QED) is 0.172. The molecule has 11 aromatic rings. The van der Waals surface area contributed by atoms with E-state index in [1.54, 1.807) is 0 Å². The van der Waals surface area contributed by atoms with Crippen LogP contribution in [0.1, 0.15) is 0 Å². The highest BCUT2D eigenvalue weighted by Crippen LogP contribution is 2.48. The molecular weight excluding hydrogens is 669 g/mol. The lowest BCUT2D eigenvalue weighted by Gasteiger charge is -2.28. The number of furan rings is 1. The number of rotatable bonds is 6. The molecule has 0 aliphatic heterocycles. The predicted octanol–water partition coefficient (Wildman–Crippen LogP) is 14.6. The molecule has 258 valence electrons. The average molecular weight is 703 g/mol. The van der Waals surface area contributed by atoms with Crippen LogP contribution in [0.3, 0.4) is 0 Å². The van der Waals surface area contributed by atoms with Crippen molar-refractivity contribution in [3.8, 4) is 27.9 Å². The van der Waals surface area contributed by atoms with E-state index >= 15 is 0 Å². The molecule has 0 amide bonds. The molecule has 55 heavy (non-hydrogen) atoms. The second kappa shape index (κ2) is 12.6. The van der Waals surface area contributed by atoms with Crippen LogP contribution in [-0.4, -0.2) is 4.57 Å². The molecule has 0 N–H and O–H groups in total. The van der Waals surface area contributed by atoms with Crippen LogP contribution in [-0.2, 0) is 0 Å². The Hall–Kier alpha value is -7.36. The van der Waals surface area contributed by atoms with Crippen molar-refractivity contribution in [1.29, 1.82) is 0 Å². The Morgan fingerprint density at radius 1 is 0.382 bits per heavy atom. The van der Waals surface area contributed by atoms with Crippen molar-refractivity contribution in [3.05, 3.63) is 206 Å². The number of benzene rings is 9. The maximum Gasteiger partial charge on any atom is 0.137 e. The molecule has 0 fully saturated rings. The Labute approximate surface area is 318 Å². The van der Waals surface area contributed by atoms with Crippen LogP contribution in [0.4, 0.5) is 17.1 Å². The van der Waals surface area contributed by atoms with E-state index in [0.29, 0.717) is 0 Å². The number of fused-ring (bicyclic) bond motifs is 7. The van der Waals surface area contributed by atoms with Crippen LogP contribution in [0.5, 0.6) is 0 Å². The van der Waals surface area contributed by atoms with Gasteiger partial charge in [0.2, 0.25) is 0 Å². The van der Waals surface area contributed by atoms with E-state index in [2.05, 4.69) is 210 Å². The predicted molar refractivity (Wildman–Crippen MR) is 231 cm³/mol. The fraction of sp³-hybridized carbons (Fsp3) is 0. The highest BCUT2D eigenvalue weighted by molar-refractivity contribution is 6.19. The summed E-state index contributed by atoms with van der Waals surface area (Å²) in [6.45, 7) is 0. The summed E-state index contributed by atoms with van der Waals surface area (Å²) < 4.78 is 8.90. The first-order chi connectivity index (χ1) is 27.3. The minimum Gasteiger partial charge on any atom is -0.456 e. The van der Waals surface area contributed by atoms with E-state index < -0.39 is 0 Å². The normalized spacial score (nSPS) is 11.6. The maximum absolute atomic E-state index is 6.47. The summed E-state index contributed by atoms with van der Waals surface area (Å²) in [5.41, 5.74) is 13.1. The van der Waals surface area contributed by atoms with Crippen LogP contribution in [0.15, 0.2) is 211 Å². The second-order valence-electron chi connectivity index (χ2n) is 14.1. The zero-order valence-corrected chi connectivity index (χ0v) is 29.9. The summed E-state index contributed by atoms with van der Waals surface area (Å²) in [5.74, 6) is 0. The number of para-hydroxylation sites is 3. The number of aromatic nitrogens is 1. The van der Waals surface area contributed by atoms with Crippen molar-refractivity contribution in [3.63, 3.8) is 0 Å². The first-order valence-corrected chi connectivity index (χ1v) is 18.8. The molecule has 0 aliphatic rings. The monoisotopic (exact) mass is 702 g/mol. The fourth-order valence-electron chi connectivity index (χ4n) is 8.62. The number of nitrogens with zero attached hydrogens (tertiary/aromatic N) is 2. The molecule has 0 spiro atoms. The van der Waals surface area contributed by atoms with Crippen LogP contribution >= 0.6 is 0 Å². The van der Waals surface area contributed by atoms with Crippen molar-refractivity contribution >= 4 is 71.6 Å². The maximum atomic E-state index is 6.47.